The van der Waals surface area contributed by atoms with E-state index >= 15 is 0 Å². The molecule has 0 spiro atoms. The number of carbonyl (C=O) groups is 3. The van der Waals surface area contributed by atoms with Crippen molar-refractivity contribution in [2.24, 2.45) is 0 Å². The van der Waals surface area contributed by atoms with Crippen LogP contribution in [-0.4, -0.2) is 45.8 Å². The molecule has 6 heteroatoms. The Labute approximate surface area is 145 Å². The van der Waals surface area contributed by atoms with E-state index in [0.717, 1.165) is 18.4 Å². The molecular weight excluding hydrogens is 326 g/mol. The molecule has 2 aliphatic heterocycles. The van der Waals surface area contributed by atoms with Gasteiger partial charge in [-0.25, -0.2) is 4.79 Å². The monoisotopic (exact) mass is 347 g/mol. The Morgan fingerprint density at radius 1 is 1.33 bits per heavy atom. The number of esters is 1. The van der Waals surface area contributed by atoms with Crippen molar-refractivity contribution >= 4 is 29.4 Å². The highest BCUT2D eigenvalue weighted by Gasteiger charge is 2.53. The van der Waals surface area contributed by atoms with E-state index in [4.69, 9.17) is 4.74 Å². The Balaban J connectivity index is 1.59. The number of ketones is 1. The van der Waals surface area contributed by atoms with E-state index < -0.39 is 12.0 Å². The number of nitrogens with zero attached hydrogens (tertiary/aromatic N) is 1. The maximum atomic E-state index is 12.3. The summed E-state index contributed by atoms with van der Waals surface area (Å²) in [5.74, 6) is -0.196. The van der Waals surface area contributed by atoms with Crippen molar-refractivity contribution in [2.75, 3.05) is 12.4 Å². The van der Waals surface area contributed by atoms with Crippen LogP contribution in [0.4, 0.5) is 0 Å². The summed E-state index contributed by atoms with van der Waals surface area (Å²) in [7, 11) is 0. The zero-order valence-electron chi connectivity index (χ0n) is 13.9. The van der Waals surface area contributed by atoms with Gasteiger partial charge in [-0.2, -0.15) is 0 Å². The molecule has 0 saturated carbocycles. The maximum Gasteiger partial charge on any atom is 0.330 e. The fourth-order valence-corrected chi connectivity index (χ4v) is 4.65. The predicted molar refractivity (Wildman–Crippen MR) is 91.8 cm³/mol. The molecule has 0 radical (unpaired) electrons. The molecule has 2 fully saturated rings. The zero-order chi connectivity index (χ0) is 17.3. The average Bonchev–Trinajstić information content (AvgIpc) is 3.09. The van der Waals surface area contributed by atoms with Crippen LogP contribution in [0.15, 0.2) is 24.3 Å². The smallest absolute Gasteiger partial charge is 0.330 e. The van der Waals surface area contributed by atoms with E-state index in [2.05, 4.69) is 0 Å². The van der Waals surface area contributed by atoms with E-state index in [9.17, 15) is 14.4 Å². The third kappa shape index (κ3) is 3.07. The Bertz CT molecular complexity index is 672. The predicted octanol–water partition coefficient (Wildman–Crippen LogP) is 2.43. The van der Waals surface area contributed by atoms with Crippen molar-refractivity contribution in [1.29, 1.82) is 0 Å². The van der Waals surface area contributed by atoms with Crippen LogP contribution in [0.5, 0.6) is 0 Å². The summed E-state index contributed by atoms with van der Waals surface area (Å²) in [4.78, 5) is 37.9. The Morgan fingerprint density at radius 3 is 2.71 bits per heavy atom. The average molecular weight is 347 g/mol. The van der Waals surface area contributed by atoms with Crippen LogP contribution < -0.4 is 0 Å². The molecule has 0 N–H and O–H groups in total. The van der Waals surface area contributed by atoms with E-state index in [1.807, 2.05) is 26.0 Å². The second-order valence-corrected chi connectivity index (χ2v) is 7.85. The van der Waals surface area contributed by atoms with Crippen molar-refractivity contribution in [3.8, 4) is 0 Å². The number of amides is 1. The van der Waals surface area contributed by atoms with Crippen molar-refractivity contribution < 1.29 is 19.1 Å². The molecule has 2 heterocycles. The number of thioether (sulfide) groups is 1. The summed E-state index contributed by atoms with van der Waals surface area (Å²) in [5.41, 5.74) is 1.68. The second kappa shape index (κ2) is 6.59. The first-order valence-corrected chi connectivity index (χ1v) is 9.18. The SMILES string of the molecule is CCc1ccc(C(=O)COC(=O)[C@@H]2CS[C@]3(C)CCC(=O)N23)cc1. The Kier molecular flexibility index (Phi) is 4.67. The maximum absolute atomic E-state index is 12.3. The summed E-state index contributed by atoms with van der Waals surface area (Å²) in [6.45, 7) is 3.74. The van der Waals surface area contributed by atoms with E-state index in [0.29, 0.717) is 17.7 Å². The third-order valence-electron chi connectivity index (χ3n) is 4.75. The summed E-state index contributed by atoms with van der Waals surface area (Å²) in [6, 6.07) is 6.72. The second-order valence-electron chi connectivity index (χ2n) is 6.35. The molecule has 0 bridgehead atoms. The van der Waals surface area contributed by atoms with E-state index in [1.165, 1.54) is 0 Å². The number of hydrogen-bond acceptors (Lipinski definition) is 5. The highest BCUT2D eigenvalue weighted by atomic mass is 32.2. The van der Waals surface area contributed by atoms with Gasteiger partial charge in [0.1, 0.15) is 6.04 Å². The molecule has 2 aliphatic rings. The van der Waals surface area contributed by atoms with Gasteiger partial charge in [0.25, 0.3) is 0 Å². The van der Waals surface area contributed by atoms with Crippen LogP contribution in [0.2, 0.25) is 0 Å². The topological polar surface area (TPSA) is 63.7 Å². The van der Waals surface area contributed by atoms with Crippen LogP contribution in [0.1, 0.15) is 42.6 Å². The van der Waals surface area contributed by atoms with Gasteiger partial charge in [-0.05, 0) is 25.3 Å². The van der Waals surface area contributed by atoms with E-state index in [1.54, 1.807) is 28.8 Å². The van der Waals surface area contributed by atoms with Gasteiger partial charge in [0.15, 0.2) is 12.4 Å². The molecule has 24 heavy (non-hydrogen) atoms. The van der Waals surface area contributed by atoms with Gasteiger partial charge < -0.3 is 9.64 Å². The molecule has 128 valence electrons. The standard InChI is InChI=1S/C18H21NO4S/c1-3-12-4-6-13(7-5-12)15(20)10-23-17(22)14-11-24-18(2)9-8-16(21)19(14)18/h4-7,14H,3,8-11H2,1-2H3/t14-,18+/m0/s1. The van der Waals surface area contributed by atoms with Crippen molar-refractivity contribution in [3.63, 3.8) is 0 Å². The lowest BCUT2D eigenvalue weighted by Crippen LogP contribution is -2.46. The minimum atomic E-state index is -0.578. The third-order valence-corrected chi connectivity index (χ3v) is 6.25. The number of fused-ring (bicyclic) bond motifs is 1. The van der Waals surface area contributed by atoms with Gasteiger partial charge in [-0.1, -0.05) is 31.2 Å². The summed E-state index contributed by atoms with van der Waals surface area (Å²) in [6.07, 6.45) is 2.13. The number of hydrogen-bond donors (Lipinski definition) is 0. The van der Waals surface area contributed by atoms with Crippen molar-refractivity contribution in [3.05, 3.63) is 35.4 Å². The van der Waals surface area contributed by atoms with Crippen molar-refractivity contribution in [1.82, 2.24) is 4.90 Å². The normalized spacial score (nSPS) is 25.7. The molecule has 2 atom stereocenters. The van der Waals surface area contributed by atoms with Crippen LogP contribution in [0, 0.1) is 0 Å². The molecule has 0 unspecified atom stereocenters. The van der Waals surface area contributed by atoms with Gasteiger partial charge >= 0.3 is 5.97 Å². The summed E-state index contributed by atoms with van der Waals surface area (Å²) in [5, 5.41) is 0. The Hall–Kier alpha value is -1.82. The molecule has 0 aliphatic carbocycles. The van der Waals surface area contributed by atoms with Crippen LogP contribution in [0.3, 0.4) is 0 Å². The highest BCUT2D eigenvalue weighted by Crippen LogP contribution is 2.47. The molecule has 3 rings (SSSR count). The van der Waals surface area contributed by atoms with Crippen LogP contribution in [0.25, 0.3) is 0 Å². The minimum absolute atomic E-state index is 0.00840. The van der Waals surface area contributed by atoms with Crippen LogP contribution >= 0.6 is 11.8 Å². The van der Waals surface area contributed by atoms with Crippen LogP contribution in [-0.2, 0) is 20.7 Å². The lowest BCUT2D eigenvalue weighted by atomic mass is 10.1. The van der Waals surface area contributed by atoms with Gasteiger partial charge in [0, 0.05) is 17.7 Å². The molecule has 1 aromatic rings. The highest BCUT2D eigenvalue weighted by molar-refractivity contribution is 8.01. The number of Topliss-reactive ketones (excluding diaryl/α,β-unsaturated/α-hetero) is 1. The zero-order valence-corrected chi connectivity index (χ0v) is 14.7. The summed E-state index contributed by atoms with van der Waals surface area (Å²) < 4.78 is 5.20. The number of rotatable bonds is 5. The van der Waals surface area contributed by atoms with Gasteiger partial charge in [-0.15, -0.1) is 11.8 Å². The molecule has 1 aromatic carbocycles. The van der Waals surface area contributed by atoms with Crippen molar-refractivity contribution in [2.45, 2.75) is 44.0 Å². The fraction of sp³-hybridized carbons (Fsp3) is 0.500. The van der Waals surface area contributed by atoms with Gasteiger partial charge in [0.2, 0.25) is 5.91 Å². The largest absolute Gasteiger partial charge is 0.456 e. The fourth-order valence-electron chi connectivity index (χ4n) is 3.24. The minimum Gasteiger partial charge on any atom is -0.456 e. The first-order chi connectivity index (χ1) is 11.4. The van der Waals surface area contributed by atoms with Gasteiger partial charge in [-0.3, -0.25) is 9.59 Å². The molecule has 1 amide bonds. The number of carbonyl (C=O) groups excluding carboxylic acids is 3. The molecule has 2 saturated heterocycles. The van der Waals surface area contributed by atoms with Gasteiger partial charge in [0.05, 0.1) is 4.87 Å². The number of benzene rings is 1. The lowest BCUT2D eigenvalue weighted by Gasteiger charge is -2.29. The quantitative estimate of drug-likeness (QED) is 0.605. The first-order valence-electron chi connectivity index (χ1n) is 8.19. The molecule has 0 aromatic heterocycles. The first kappa shape index (κ1) is 17.0. The lowest BCUT2D eigenvalue weighted by molar-refractivity contribution is -0.152. The summed E-state index contributed by atoms with van der Waals surface area (Å²) >= 11 is 1.61. The molecule has 5 nitrogen and oxygen atoms in total. The Morgan fingerprint density at radius 2 is 2.04 bits per heavy atom. The molecular formula is C18H21NO4S. The number of ether oxygens (including phenoxy) is 1. The number of aryl methyl sites for hydroxylation is 1. The van der Waals surface area contributed by atoms with E-state index in [-0.39, 0.29) is 23.2 Å².